The monoisotopic (exact) mass is 395 g/mol. The lowest BCUT2D eigenvalue weighted by Crippen LogP contribution is -2.48. The molecule has 5 heteroatoms. The van der Waals surface area contributed by atoms with Crippen molar-refractivity contribution in [2.24, 2.45) is 0 Å². The first kappa shape index (κ1) is 18.0. The summed E-state index contributed by atoms with van der Waals surface area (Å²) < 4.78 is 7.82. The highest BCUT2D eigenvalue weighted by Gasteiger charge is 2.36. The Bertz CT molecular complexity index is 979. The maximum absolute atomic E-state index is 6.39. The van der Waals surface area contributed by atoms with Gasteiger partial charge in [0.1, 0.15) is 11.6 Å². The Kier molecular flexibility index (Phi) is 4.77. The molecule has 1 aromatic heterocycles. The highest BCUT2D eigenvalue weighted by molar-refractivity contribution is 6.31. The third kappa shape index (κ3) is 3.09. The molecule has 0 N–H and O–H groups in total. The number of methoxy groups -OCH3 is 1. The van der Waals surface area contributed by atoms with Crippen molar-refractivity contribution >= 4 is 22.6 Å². The molecular formula is C23H26ClN3O. The maximum Gasteiger partial charge on any atom is 0.141 e. The van der Waals surface area contributed by atoms with Gasteiger partial charge in [0.2, 0.25) is 0 Å². The van der Waals surface area contributed by atoms with Crippen LogP contribution in [0.5, 0.6) is 5.75 Å². The molecule has 1 unspecified atom stereocenters. The minimum absolute atomic E-state index is 0.439. The van der Waals surface area contributed by atoms with Crippen molar-refractivity contribution in [2.45, 2.75) is 44.2 Å². The normalized spacial score (nSPS) is 22.9. The number of imidazole rings is 1. The first-order valence-corrected chi connectivity index (χ1v) is 10.7. The van der Waals surface area contributed by atoms with E-state index in [-0.39, 0.29) is 0 Å². The van der Waals surface area contributed by atoms with Gasteiger partial charge < -0.3 is 9.30 Å². The summed E-state index contributed by atoms with van der Waals surface area (Å²) in [5.41, 5.74) is 3.29. The zero-order valence-corrected chi connectivity index (χ0v) is 17.0. The Labute approximate surface area is 171 Å². The van der Waals surface area contributed by atoms with E-state index in [0.29, 0.717) is 12.1 Å². The average molecular weight is 396 g/mol. The van der Waals surface area contributed by atoms with Gasteiger partial charge in [-0.25, -0.2) is 4.98 Å². The number of piperidine rings is 2. The van der Waals surface area contributed by atoms with E-state index in [4.69, 9.17) is 21.3 Å². The zero-order valence-electron chi connectivity index (χ0n) is 16.3. The van der Waals surface area contributed by atoms with Gasteiger partial charge in [-0.05, 0) is 81.2 Å². The largest absolute Gasteiger partial charge is 0.497 e. The molecular weight excluding hydrogens is 370 g/mol. The van der Waals surface area contributed by atoms with E-state index in [0.717, 1.165) is 33.2 Å². The van der Waals surface area contributed by atoms with E-state index in [1.54, 1.807) is 7.11 Å². The van der Waals surface area contributed by atoms with Crippen LogP contribution in [0.2, 0.25) is 5.02 Å². The Morgan fingerprint density at radius 2 is 1.75 bits per heavy atom. The van der Waals surface area contributed by atoms with Gasteiger partial charge in [0.15, 0.2) is 0 Å². The Morgan fingerprint density at radius 1 is 0.964 bits per heavy atom. The summed E-state index contributed by atoms with van der Waals surface area (Å²) in [6.45, 7) is 2.46. The maximum atomic E-state index is 6.39. The van der Waals surface area contributed by atoms with Crippen LogP contribution in [0.3, 0.4) is 0 Å². The Balaban J connectivity index is 1.67. The summed E-state index contributed by atoms with van der Waals surface area (Å²) in [5, 5.41) is 0.770. The highest BCUT2D eigenvalue weighted by Crippen LogP contribution is 2.39. The minimum atomic E-state index is 0.439. The van der Waals surface area contributed by atoms with Crippen LogP contribution in [-0.4, -0.2) is 40.7 Å². The van der Waals surface area contributed by atoms with Crippen LogP contribution >= 0.6 is 11.6 Å². The number of ether oxygens (including phenoxy) is 1. The number of fused-ring (bicyclic) bond motifs is 2. The summed E-state index contributed by atoms with van der Waals surface area (Å²) in [6.07, 6.45) is 6.35. The number of benzene rings is 2. The van der Waals surface area contributed by atoms with E-state index in [1.165, 1.54) is 45.2 Å². The van der Waals surface area contributed by atoms with E-state index >= 15 is 0 Å². The Hall–Kier alpha value is -2.04. The fourth-order valence-corrected chi connectivity index (χ4v) is 5.24. The summed E-state index contributed by atoms with van der Waals surface area (Å²) in [5.74, 6) is 1.91. The van der Waals surface area contributed by atoms with Crippen molar-refractivity contribution < 1.29 is 4.74 Å². The van der Waals surface area contributed by atoms with E-state index < -0.39 is 0 Å². The molecule has 0 spiro atoms. The quantitative estimate of drug-likeness (QED) is 0.582. The number of halogens is 1. The van der Waals surface area contributed by atoms with Crippen molar-refractivity contribution in [3.63, 3.8) is 0 Å². The van der Waals surface area contributed by atoms with Crippen LogP contribution in [0.1, 0.15) is 38.1 Å². The number of hydrogen-bond donors (Lipinski definition) is 0. The molecule has 28 heavy (non-hydrogen) atoms. The molecule has 2 aliphatic heterocycles. The molecule has 0 aliphatic carbocycles. The summed E-state index contributed by atoms with van der Waals surface area (Å²) in [6, 6.07) is 15.3. The third-order valence-electron chi connectivity index (χ3n) is 6.39. The van der Waals surface area contributed by atoms with Gasteiger partial charge in [0.05, 0.1) is 24.2 Å². The summed E-state index contributed by atoms with van der Waals surface area (Å²) >= 11 is 6.39. The van der Waals surface area contributed by atoms with Crippen molar-refractivity contribution in [1.29, 1.82) is 0 Å². The van der Waals surface area contributed by atoms with E-state index in [2.05, 4.69) is 27.7 Å². The van der Waals surface area contributed by atoms with Crippen molar-refractivity contribution in [1.82, 2.24) is 14.5 Å². The second kappa shape index (κ2) is 7.41. The number of hydrogen-bond acceptors (Lipinski definition) is 3. The zero-order chi connectivity index (χ0) is 19.1. The molecule has 0 radical (unpaired) electrons. The molecule has 2 saturated heterocycles. The molecule has 0 amide bonds. The predicted octanol–water partition coefficient (Wildman–Crippen LogP) is 5.55. The first-order chi connectivity index (χ1) is 13.7. The number of nitrogens with zero attached hydrogens (tertiary/aromatic N) is 3. The van der Waals surface area contributed by atoms with E-state index in [1.807, 2.05) is 24.3 Å². The topological polar surface area (TPSA) is 30.3 Å². The van der Waals surface area contributed by atoms with Gasteiger partial charge in [-0.1, -0.05) is 18.0 Å². The van der Waals surface area contributed by atoms with Gasteiger partial charge in [-0.3, -0.25) is 4.90 Å². The lowest BCUT2D eigenvalue weighted by atomic mass is 9.88. The molecule has 3 aromatic rings. The van der Waals surface area contributed by atoms with Crippen LogP contribution < -0.4 is 4.74 Å². The van der Waals surface area contributed by atoms with Gasteiger partial charge in [-0.15, -0.1) is 0 Å². The van der Waals surface area contributed by atoms with Crippen LogP contribution in [0, 0.1) is 0 Å². The minimum Gasteiger partial charge on any atom is -0.497 e. The fraction of sp³-hybridized carbons (Fsp3) is 0.435. The SMILES string of the molecule is COc1ccc(-c2nc3ccc(Cl)cc3n2C2CCCN3CCCC[C@H]23)cc1. The smallest absolute Gasteiger partial charge is 0.141 e. The van der Waals surface area contributed by atoms with Crippen LogP contribution in [0.4, 0.5) is 0 Å². The van der Waals surface area contributed by atoms with Gasteiger partial charge >= 0.3 is 0 Å². The van der Waals surface area contributed by atoms with Gasteiger partial charge in [-0.2, -0.15) is 0 Å². The molecule has 146 valence electrons. The summed E-state index contributed by atoms with van der Waals surface area (Å²) in [4.78, 5) is 7.74. The molecule has 2 aromatic carbocycles. The lowest BCUT2D eigenvalue weighted by molar-refractivity contribution is 0.0666. The van der Waals surface area contributed by atoms with E-state index in [9.17, 15) is 0 Å². The molecule has 2 fully saturated rings. The average Bonchev–Trinajstić information content (AvgIpc) is 3.11. The number of rotatable bonds is 3. The lowest BCUT2D eigenvalue weighted by Gasteiger charge is -2.45. The van der Waals surface area contributed by atoms with Crippen LogP contribution in [0.25, 0.3) is 22.4 Å². The van der Waals surface area contributed by atoms with Gasteiger partial charge in [0.25, 0.3) is 0 Å². The molecule has 0 bridgehead atoms. The first-order valence-electron chi connectivity index (χ1n) is 10.3. The fourth-order valence-electron chi connectivity index (χ4n) is 5.07. The van der Waals surface area contributed by atoms with Crippen molar-refractivity contribution in [2.75, 3.05) is 20.2 Å². The highest BCUT2D eigenvalue weighted by atomic mass is 35.5. The van der Waals surface area contributed by atoms with Crippen LogP contribution in [0.15, 0.2) is 42.5 Å². The van der Waals surface area contributed by atoms with Crippen LogP contribution in [-0.2, 0) is 0 Å². The molecule has 3 heterocycles. The second-order valence-corrected chi connectivity index (χ2v) is 8.41. The number of aromatic nitrogens is 2. The van der Waals surface area contributed by atoms with Crippen molar-refractivity contribution in [3.05, 3.63) is 47.5 Å². The molecule has 0 saturated carbocycles. The van der Waals surface area contributed by atoms with Gasteiger partial charge in [0, 0.05) is 16.6 Å². The predicted molar refractivity (Wildman–Crippen MR) is 114 cm³/mol. The molecule has 4 nitrogen and oxygen atoms in total. The standard InChI is InChI=1S/C23H26ClN3O/c1-28-18-10-7-16(8-11-18)23-25-19-12-9-17(24)15-22(19)27(23)21-6-4-14-26-13-3-2-5-20(21)26/h7-12,15,20-21H,2-6,13-14H2,1H3/t20-,21?/m1/s1. The Morgan fingerprint density at radius 3 is 2.57 bits per heavy atom. The molecule has 2 atom stereocenters. The second-order valence-electron chi connectivity index (χ2n) is 7.98. The molecule has 2 aliphatic rings. The third-order valence-corrected chi connectivity index (χ3v) is 6.62. The summed E-state index contributed by atoms with van der Waals surface area (Å²) in [7, 11) is 1.70. The van der Waals surface area contributed by atoms with Crippen molar-refractivity contribution in [3.8, 4) is 17.1 Å². The molecule has 5 rings (SSSR count).